The predicted octanol–water partition coefficient (Wildman–Crippen LogP) is 3.93. The number of ether oxygens (including phenoxy) is 1. The second-order valence-electron chi connectivity index (χ2n) is 15.9. The summed E-state index contributed by atoms with van der Waals surface area (Å²) >= 11 is 0. The molecule has 5 N–H and O–H groups in total. The Balaban J connectivity index is 1.31. The number of unbranched alkanes of at least 4 members (excludes halogenated alkanes) is 1. The maximum atomic E-state index is 14.8. The van der Waals surface area contributed by atoms with Gasteiger partial charge >= 0.3 is 6.09 Å². The first-order chi connectivity index (χ1) is 27.8. The van der Waals surface area contributed by atoms with Crippen molar-refractivity contribution in [2.45, 2.75) is 121 Å². The molecule has 5 rings (SSSR count). The minimum Gasteiger partial charge on any atom is -0.445 e. The highest BCUT2D eigenvalue weighted by atomic mass is 16.5. The van der Waals surface area contributed by atoms with Crippen molar-refractivity contribution in [2.75, 3.05) is 13.1 Å². The van der Waals surface area contributed by atoms with Gasteiger partial charge in [0, 0.05) is 49.8 Å². The predicted molar refractivity (Wildman–Crippen MR) is 212 cm³/mol. The molecule has 1 unspecified atom stereocenters. The molecule has 1 saturated heterocycles. The van der Waals surface area contributed by atoms with Gasteiger partial charge in [-0.25, -0.2) is 9.48 Å². The van der Waals surface area contributed by atoms with Crippen molar-refractivity contribution in [3.63, 3.8) is 0 Å². The Kier molecular flexibility index (Phi) is 15.6. The largest absolute Gasteiger partial charge is 0.445 e. The van der Waals surface area contributed by atoms with Gasteiger partial charge in [0.1, 0.15) is 18.2 Å². The zero-order valence-electron chi connectivity index (χ0n) is 33.4. The summed E-state index contributed by atoms with van der Waals surface area (Å²) in [6.45, 7) is 3.57. The molecule has 0 bridgehead atoms. The molecule has 3 heterocycles. The molecule has 312 valence electrons. The molecular formula is C42H56N8O8. The number of nitrogens with two attached hydrogens (primary N) is 1. The van der Waals surface area contributed by atoms with Crippen LogP contribution in [0.4, 0.5) is 4.79 Å². The number of carbonyl (C=O) groups is 6. The molecule has 3 aromatic rings. The summed E-state index contributed by atoms with van der Waals surface area (Å²) in [5, 5.41) is 24.5. The van der Waals surface area contributed by atoms with Gasteiger partial charge in [-0.3, -0.25) is 29.0 Å². The highest BCUT2D eigenvalue weighted by Crippen LogP contribution is 2.36. The number of benzene rings is 1. The van der Waals surface area contributed by atoms with E-state index >= 15 is 0 Å². The smallest absolute Gasteiger partial charge is 0.407 e. The van der Waals surface area contributed by atoms with Crippen LogP contribution in [0.2, 0.25) is 0 Å². The Morgan fingerprint density at radius 3 is 2.40 bits per heavy atom. The molecule has 1 aliphatic heterocycles. The lowest BCUT2D eigenvalue weighted by Gasteiger charge is -2.32. The van der Waals surface area contributed by atoms with E-state index in [1.54, 1.807) is 38.4 Å². The molecule has 2 aromatic heterocycles. The van der Waals surface area contributed by atoms with Crippen molar-refractivity contribution in [2.24, 2.45) is 17.6 Å². The second kappa shape index (κ2) is 20.8. The molecule has 1 aromatic carbocycles. The van der Waals surface area contributed by atoms with Gasteiger partial charge in [-0.15, -0.1) is 5.10 Å². The SMILES string of the molecule is CC(C)(O)c1cnnn1[C@H]1C[C@@H](C(=O)NC(CCCCNC(=O)OCc2ccccc2)C(=O)C(N)=O)N(C(=O)[C@H](CCC(=O)c2ccncc2)CC2CCCCC2)C1. The number of amides is 4. The first-order valence-corrected chi connectivity index (χ1v) is 20.3. The van der Waals surface area contributed by atoms with Crippen LogP contribution in [0.15, 0.2) is 61.1 Å². The molecule has 58 heavy (non-hydrogen) atoms. The first kappa shape index (κ1) is 43.6. The van der Waals surface area contributed by atoms with Crippen LogP contribution < -0.4 is 16.4 Å². The number of rotatable bonds is 20. The van der Waals surface area contributed by atoms with Crippen LogP contribution >= 0.6 is 0 Å². The molecule has 2 fully saturated rings. The van der Waals surface area contributed by atoms with Gasteiger partial charge in [0.15, 0.2) is 5.78 Å². The third-order valence-corrected chi connectivity index (χ3v) is 11.1. The third-order valence-electron chi connectivity index (χ3n) is 11.1. The van der Waals surface area contributed by atoms with Crippen molar-refractivity contribution >= 4 is 35.4 Å². The van der Waals surface area contributed by atoms with Crippen molar-refractivity contribution < 1.29 is 38.6 Å². The quantitative estimate of drug-likeness (QED) is 0.0727. The molecule has 4 amide bonds. The van der Waals surface area contributed by atoms with Crippen molar-refractivity contribution in [1.82, 2.24) is 35.5 Å². The first-order valence-electron chi connectivity index (χ1n) is 20.3. The van der Waals surface area contributed by atoms with Crippen molar-refractivity contribution in [3.8, 4) is 0 Å². The Bertz CT molecular complexity index is 1860. The lowest BCUT2D eigenvalue weighted by molar-refractivity contribution is -0.143. The Morgan fingerprint density at radius 1 is 0.983 bits per heavy atom. The molecule has 0 spiro atoms. The monoisotopic (exact) mass is 800 g/mol. The van der Waals surface area contributed by atoms with Gasteiger partial charge in [0.2, 0.25) is 17.6 Å². The van der Waals surface area contributed by atoms with Gasteiger partial charge in [0.25, 0.3) is 5.91 Å². The number of aliphatic hydroxyl groups is 1. The van der Waals surface area contributed by atoms with E-state index in [-0.39, 0.29) is 57.1 Å². The number of likely N-dealkylation sites (tertiary alicyclic amines) is 1. The van der Waals surface area contributed by atoms with E-state index in [0.717, 1.165) is 37.7 Å². The molecule has 1 aliphatic carbocycles. The summed E-state index contributed by atoms with van der Waals surface area (Å²) < 4.78 is 6.76. The molecule has 4 atom stereocenters. The summed E-state index contributed by atoms with van der Waals surface area (Å²) in [7, 11) is 0. The standard InChI is InChI=1S/C42H56N8O8/c1-42(2,57)36-25-46-48-50(36)32-24-34(39(54)47-33(37(52)38(43)53)15-9-10-20-45-41(56)58-27-29-13-7-4-8-14-29)49(26-32)40(55)31(23-28-11-5-3-6-12-28)16-17-35(51)30-18-21-44-22-19-30/h4,7-8,13-14,18-19,21-22,25,28,31-34,57H,3,5-6,9-12,15-17,20,23-24,26-27H2,1-2H3,(H2,43,53)(H,45,56)(H,47,54)/t31-,32+,33?,34+/m1/s1. The van der Waals surface area contributed by atoms with Gasteiger partial charge in [-0.05, 0) is 69.6 Å². The van der Waals surface area contributed by atoms with Crippen LogP contribution in [0.1, 0.15) is 119 Å². The fourth-order valence-corrected chi connectivity index (χ4v) is 7.97. The normalized spacial score (nSPS) is 18.2. The Labute approximate surface area is 338 Å². The Morgan fingerprint density at radius 2 is 1.71 bits per heavy atom. The lowest BCUT2D eigenvalue weighted by Crippen LogP contribution is -2.53. The topological polar surface area (TPSA) is 229 Å². The number of hydrogen-bond donors (Lipinski definition) is 4. The number of nitrogens with zero attached hydrogens (tertiary/aromatic N) is 5. The minimum absolute atomic E-state index is 0.0473. The van der Waals surface area contributed by atoms with E-state index in [4.69, 9.17) is 10.5 Å². The van der Waals surface area contributed by atoms with E-state index < -0.39 is 53.3 Å². The number of hydrogen-bond acceptors (Lipinski definition) is 11. The van der Waals surface area contributed by atoms with Crippen LogP contribution in [-0.2, 0) is 36.1 Å². The highest BCUT2D eigenvalue weighted by molar-refractivity contribution is 6.37. The molecule has 1 saturated carbocycles. The van der Waals surface area contributed by atoms with E-state index in [9.17, 15) is 33.9 Å². The number of nitrogens with one attached hydrogen (secondary N) is 2. The number of carbonyl (C=O) groups excluding carboxylic acids is 6. The second-order valence-corrected chi connectivity index (χ2v) is 15.9. The van der Waals surface area contributed by atoms with Gasteiger partial charge in [-0.1, -0.05) is 67.6 Å². The van der Waals surface area contributed by atoms with Gasteiger partial charge < -0.3 is 31.1 Å². The zero-order valence-corrected chi connectivity index (χ0v) is 33.4. The summed E-state index contributed by atoms with van der Waals surface area (Å²) in [6.07, 6.45) is 11.0. The maximum absolute atomic E-state index is 14.8. The van der Waals surface area contributed by atoms with Gasteiger partial charge in [-0.2, -0.15) is 0 Å². The average molecular weight is 801 g/mol. The van der Waals surface area contributed by atoms with Crippen LogP contribution in [-0.4, -0.2) is 90.5 Å². The molecular weight excluding hydrogens is 745 g/mol. The van der Waals surface area contributed by atoms with Crippen molar-refractivity contribution in [3.05, 3.63) is 77.9 Å². The number of aromatic nitrogens is 4. The summed E-state index contributed by atoms with van der Waals surface area (Å²) in [5.41, 5.74) is 5.82. The Hall–Kier alpha value is -5.51. The number of ketones is 2. The summed E-state index contributed by atoms with van der Waals surface area (Å²) in [4.78, 5) is 85.2. The van der Waals surface area contributed by atoms with E-state index in [0.29, 0.717) is 36.4 Å². The lowest BCUT2D eigenvalue weighted by atomic mass is 9.80. The fourth-order valence-electron chi connectivity index (χ4n) is 7.97. The molecule has 16 nitrogen and oxygen atoms in total. The molecule has 2 aliphatic rings. The maximum Gasteiger partial charge on any atom is 0.407 e. The highest BCUT2D eigenvalue weighted by Gasteiger charge is 2.45. The van der Waals surface area contributed by atoms with E-state index in [1.165, 1.54) is 15.8 Å². The van der Waals surface area contributed by atoms with Gasteiger partial charge in [0.05, 0.1) is 24.0 Å². The summed E-state index contributed by atoms with van der Waals surface area (Å²) in [5.74, 6) is -3.52. The fraction of sp³-hybridized carbons (Fsp3) is 0.548. The van der Waals surface area contributed by atoms with Crippen molar-refractivity contribution in [1.29, 1.82) is 0 Å². The van der Waals surface area contributed by atoms with Crippen LogP contribution in [0.25, 0.3) is 0 Å². The average Bonchev–Trinajstić information content (AvgIpc) is 3.90. The van der Waals surface area contributed by atoms with E-state index in [2.05, 4.69) is 25.9 Å². The number of Topliss-reactive ketones (excluding diaryl/α,β-unsaturated/α-hetero) is 2. The van der Waals surface area contributed by atoms with Crippen LogP contribution in [0, 0.1) is 11.8 Å². The summed E-state index contributed by atoms with van der Waals surface area (Å²) in [6, 6.07) is 9.59. The van der Waals surface area contributed by atoms with E-state index in [1.807, 2.05) is 30.3 Å². The number of primary amides is 1. The third kappa shape index (κ3) is 12.2. The van der Waals surface area contributed by atoms with Crippen LogP contribution in [0.5, 0.6) is 0 Å². The minimum atomic E-state index is -1.33. The zero-order chi connectivity index (χ0) is 41.7. The number of pyridine rings is 1. The molecule has 0 radical (unpaired) electrons. The molecule has 16 heteroatoms. The number of alkyl carbamates (subject to hydrolysis) is 1. The van der Waals surface area contributed by atoms with Crippen LogP contribution in [0.3, 0.4) is 0 Å².